The van der Waals surface area contributed by atoms with E-state index in [1.165, 1.54) is 5.56 Å². The zero-order chi connectivity index (χ0) is 18.3. The first-order chi connectivity index (χ1) is 13.4. The van der Waals surface area contributed by atoms with Gasteiger partial charge >= 0.3 is 0 Å². The molecule has 0 bridgehead atoms. The van der Waals surface area contributed by atoms with Gasteiger partial charge in [-0.05, 0) is 23.8 Å². The number of pyridine rings is 1. The summed E-state index contributed by atoms with van der Waals surface area (Å²) >= 11 is 0. The van der Waals surface area contributed by atoms with Crippen LogP contribution in [0.2, 0.25) is 0 Å². The van der Waals surface area contributed by atoms with E-state index in [1.54, 1.807) is 6.20 Å². The van der Waals surface area contributed by atoms with E-state index in [0.29, 0.717) is 0 Å². The van der Waals surface area contributed by atoms with Gasteiger partial charge in [0.1, 0.15) is 0 Å². The molecule has 0 saturated carbocycles. The molecule has 0 amide bonds. The van der Waals surface area contributed by atoms with E-state index in [2.05, 4.69) is 56.2 Å². The van der Waals surface area contributed by atoms with Crippen LogP contribution in [0.1, 0.15) is 5.56 Å². The molecule has 1 aromatic carbocycles. The molecule has 1 aliphatic rings. The van der Waals surface area contributed by atoms with E-state index in [-0.39, 0.29) is 0 Å². The number of hydrogen-bond acceptors (Lipinski definition) is 5. The van der Waals surface area contributed by atoms with E-state index >= 15 is 0 Å². The summed E-state index contributed by atoms with van der Waals surface area (Å²) in [6.07, 6.45) is 9.87. The minimum absolute atomic E-state index is 0.802. The maximum atomic E-state index is 4.74. The molecular weight excluding hydrogens is 334 g/mol. The second kappa shape index (κ2) is 8.56. The molecule has 3 heterocycles. The highest BCUT2D eigenvalue weighted by Gasteiger charge is 2.18. The Hall–Kier alpha value is -3.05. The van der Waals surface area contributed by atoms with Crippen LogP contribution in [0, 0.1) is 0 Å². The molecule has 0 unspecified atom stereocenters. The molecule has 1 saturated heterocycles. The van der Waals surface area contributed by atoms with Crippen molar-refractivity contribution in [3.05, 3.63) is 78.8 Å². The highest BCUT2D eigenvalue weighted by atomic mass is 15.3. The van der Waals surface area contributed by atoms with Crippen LogP contribution < -0.4 is 4.90 Å². The van der Waals surface area contributed by atoms with Crippen molar-refractivity contribution in [2.24, 2.45) is 0 Å². The van der Waals surface area contributed by atoms with Crippen LogP contribution in [0.3, 0.4) is 0 Å². The van der Waals surface area contributed by atoms with Crippen LogP contribution >= 0.6 is 0 Å². The zero-order valence-corrected chi connectivity index (χ0v) is 15.3. The molecule has 0 N–H and O–H groups in total. The fraction of sp³-hybridized carbons (Fsp3) is 0.227. The van der Waals surface area contributed by atoms with Gasteiger partial charge in [-0.15, -0.1) is 0 Å². The third kappa shape index (κ3) is 4.57. The van der Waals surface area contributed by atoms with Crippen LogP contribution in [0.4, 0.5) is 5.95 Å². The minimum Gasteiger partial charge on any atom is -0.338 e. The molecule has 3 aromatic rings. The fourth-order valence-electron chi connectivity index (χ4n) is 3.21. The van der Waals surface area contributed by atoms with E-state index < -0.39 is 0 Å². The van der Waals surface area contributed by atoms with Gasteiger partial charge in [0.15, 0.2) is 0 Å². The van der Waals surface area contributed by atoms with Gasteiger partial charge in [-0.25, -0.2) is 9.97 Å². The summed E-state index contributed by atoms with van der Waals surface area (Å²) in [6.45, 7) is 4.88. The number of piperazine rings is 1. The average Bonchev–Trinajstić information content (AvgIpc) is 2.76. The van der Waals surface area contributed by atoms with Crippen molar-refractivity contribution in [1.82, 2.24) is 19.9 Å². The average molecular weight is 357 g/mol. The Morgan fingerprint density at radius 3 is 2.52 bits per heavy atom. The van der Waals surface area contributed by atoms with Gasteiger partial charge in [-0.3, -0.25) is 9.88 Å². The standard InChI is InChI=1S/C22H23N5/c1-2-6-19(7-3-1)8-5-13-26-14-16-27(17-15-26)22-24-12-10-21(25-22)20-9-4-11-23-18-20/h1-12,18H,13-17H2/b8-5+. The zero-order valence-electron chi connectivity index (χ0n) is 15.3. The molecule has 5 heteroatoms. The monoisotopic (exact) mass is 357 g/mol. The summed E-state index contributed by atoms with van der Waals surface area (Å²) in [6, 6.07) is 16.3. The van der Waals surface area contributed by atoms with Gasteiger partial charge in [-0.2, -0.15) is 0 Å². The SMILES string of the molecule is C(=C\c1ccccc1)/CN1CCN(c2nccc(-c3cccnc3)n2)CC1. The van der Waals surface area contributed by atoms with Crippen LogP contribution in [0.25, 0.3) is 17.3 Å². The first kappa shape index (κ1) is 17.4. The molecule has 0 spiro atoms. The summed E-state index contributed by atoms with van der Waals surface area (Å²) < 4.78 is 0. The lowest BCUT2D eigenvalue weighted by Crippen LogP contribution is -2.46. The smallest absolute Gasteiger partial charge is 0.225 e. The Labute approximate surface area is 160 Å². The molecule has 1 fully saturated rings. The predicted molar refractivity (Wildman–Crippen MR) is 109 cm³/mol. The molecule has 4 rings (SSSR count). The lowest BCUT2D eigenvalue weighted by Gasteiger charge is -2.34. The van der Waals surface area contributed by atoms with Crippen molar-refractivity contribution < 1.29 is 0 Å². The number of aromatic nitrogens is 3. The number of anilines is 1. The highest BCUT2D eigenvalue weighted by molar-refractivity contribution is 5.58. The Morgan fingerprint density at radius 2 is 1.74 bits per heavy atom. The topological polar surface area (TPSA) is 45.2 Å². The van der Waals surface area contributed by atoms with Crippen LogP contribution in [-0.4, -0.2) is 52.6 Å². The largest absolute Gasteiger partial charge is 0.338 e. The molecule has 0 aliphatic carbocycles. The molecule has 0 atom stereocenters. The third-order valence-corrected chi connectivity index (χ3v) is 4.73. The molecule has 0 radical (unpaired) electrons. The lowest BCUT2D eigenvalue weighted by atomic mass is 10.2. The van der Waals surface area contributed by atoms with E-state index in [4.69, 9.17) is 4.98 Å². The summed E-state index contributed by atoms with van der Waals surface area (Å²) in [5.74, 6) is 0.802. The maximum Gasteiger partial charge on any atom is 0.225 e. The molecule has 5 nitrogen and oxygen atoms in total. The van der Waals surface area contributed by atoms with Crippen molar-refractivity contribution in [3.63, 3.8) is 0 Å². The van der Waals surface area contributed by atoms with Gasteiger partial charge in [-0.1, -0.05) is 42.5 Å². The van der Waals surface area contributed by atoms with Gasteiger partial charge in [0, 0.05) is 56.9 Å². The maximum absolute atomic E-state index is 4.74. The first-order valence-corrected chi connectivity index (χ1v) is 9.31. The van der Waals surface area contributed by atoms with Crippen LogP contribution in [-0.2, 0) is 0 Å². The second-order valence-corrected chi connectivity index (χ2v) is 6.58. The Balaban J connectivity index is 1.33. The molecule has 136 valence electrons. The molecule has 1 aliphatic heterocycles. The lowest BCUT2D eigenvalue weighted by molar-refractivity contribution is 0.283. The highest BCUT2D eigenvalue weighted by Crippen LogP contribution is 2.18. The number of benzene rings is 1. The third-order valence-electron chi connectivity index (χ3n) is 4.73. The van der Waals surface area contributed by atoms with Gasteiger partial charge in [0.25, 0.3) is 0 Å². The molecule has 2 aromatic heterocycles. The molecule has 27 heavy (non-hydrogen) atoms. The van der Waals surface area contributed by atoms with Crippen molar-refractivity contribution in [2.75, 3.05) is 37.6 Å². The van der Waals surface area contributed by atoms with Crippen LogP contribution in [0.15, 0.2) is 73.2 Å². The number of hydrogen-bond donors (Lipinski definition) is 0. The van der Waals surface area contributed by atoms with Crippen molar-refractivity contribution in [1.29, 1.82) is 0 Å². The predicted octanol–water partition coefficient (Wildman–Crippen LogP) is 3.37. The fourth-order valence-corrected chi connectivity index (χ4v) is 3.21. The van der Waals surface area contributed by atoms with Crippen LogP contribution in [0.5, 0.6) is 0 Å². The van der Waals surface area contributed by atoms with Gasteiger partial charge in [0.2, 0.25) is 5.95 Å². The van der Waals surface area contributed by atoms with Crippen molar-refractivity contribution in [2.45, 2.75) is 0 Å². The Morgan fingerprint density at radius 1 is 0.889 bits per heavy atom. The van der Waals surface area contributed by atoms with Gasteiger partial charge in [0.05, 0.1) is 5.69 Å². The summed E-state index contributed by atoms with van der Waals surface area (Å²) in [7, 11) is 0. The quantitative estimate of drug-likeness (QED) is 0.700. The Kier molecular flexibility index (Phi) is 5.50. The van der Waals surface area contributed by atoms with Crippen molar-refractivity contribution in [3.8, 4) is 11.3 Å². The first-order valence-electron chi connectivity index (χ1n) is 9.31. The van der Waals surface area contributed by atoms with E-state index in [9.17, 15) is 0 Å². The van der Waals surface area contributed by atoms with Gasteiger partial charge < -0.3 is 4.90 Å². The summed E-state index contributed by atoms with van der Waals surface area (Å²) in [5.41, 5.74) is 3.18. The summed E-state index contributed by atoms with van der Waals surface area (Å²) in [4.78, 5) is 18.1. The normalized spacial score (nSPS) is 15.3. The number of rotatable bonds is 5. The summed E-state index contributed by atoms with van der Waals surface area (Å²) in [5, 5.41) is 0. The van der Waals surface area contributed by atoms with E-state index in [0.717, 1.165) is 49.9 Å². The Bertz CT molecular complexity index is 871. The molecular formula is C22H23N5. The second-order valence-electron chi connectivity index (χ2n) is 6.58. The minimum atomic E-state index is 0.802. The van der Waals surface area contributed by atoms with E-state index in [1.807, 2.05) is 36.7 Å². The van der Waals surface area contributed by atoms with Crippen molar-refractivity contribution >= 4 is 12.0 Å². The number of nitrogens with zero attached hydrogens (tertiary/aromatic N) is 5.